The number of anilines is 2. The quantitative estimate of drug-likeness (QED) is 0.782. The van der Waals surface area contributed by atoms with Crippen LogP contribution in [0.15, 0.2) is 53.4 Å². The SMILES string of the molecule is Cc1cccc(N2C(=O)S/C(=C\c3ccc(N(C)C)cc3)C2=O)c1. The lowest BCUT2D eigenvalue weighted by molar-refractivity contribution is -0.113. The van der Waals surface area contributed by atoms with Crippen LogP contribution in [0, 0.1) is 6.92 Å². The standard InChI is InChI=1S/C19H18N2O2S/c1-13-5-4-6-16(11-13)21-18(22)17(24-19(21)23)12-14-7-9-15(10-8-14)20(2)3/h4-12H,1-3H3/b17-12-. The lowest BCUT2D eigenvalue weighted by Gasteiger charge is -2.13. The van der Waals surface area contributed by atoms with Crippen LogP contribution in [0.5, 0.6) is 0 Å². The first-order valence-corrected chi connectivity index (χ1v) is 8.39. The van der Waals surface area contributed by atoms with Gasteiger partial charge in [-0.1, -0.05) is 24.3 Å². The third-order valence-corrected chi connectivity index (χ3v) is 4.63. The number of thioether (sulfide) groups is 1. The van der Waals surface area contributed by atoms with E-state index in [2.05, 4.69) is 0 Å². The number of aryl methyl sites for hydroxylation is 1. The van der Waals surface area contributed by atoms with Crippen LogP contribution in [-0.4, -0.2) is 25.2 Å². The molecule has 0 unspecified atom stereocenters. The molecule has 0 aromatic heterocycles. The number of carbonyl (C=O) groups excluding carboxylic acids is 2. The van der Waals surface area contributed by atoms with Crippen molar-refractivity contribution in [2.45, 2.75) is 6.92 Å². The number of amides is 2. The van der Waals surface area contributed by atoms with Crippen LogP contribution in [0.4, 0.5) is 16.2 Å². The fraction of sp³-hybridized carbons (Fsp3) is 0.158. The minimum absolute atomic E-state index is 0.262. The normalized spacial score (nSPS) is 16.1. The molecule has 0 radical (unpaired) electrons. The van der Waals surface area contributed by atoms with Gasteiger partial charge in [0.15, 0.2) is 0 Å². The third-order valence-electron chi connectivity index (χ3n) is 3.76. The minimum atomic E-state index is -0.271. The molecule has 3 rings (SSSR count). The van der Waals surface area contributed by atoms with Gasteiger partial charge in [0.05, 0.1) is 10.6 Å². The Morgan fingerprint density at radius 3 is 2.38 bits per heavy atom. The predicted octanol–water partition coefficient (Wildman–Crippen LogP) is 4.30. The van der Waals surface area contributed by atoms with Gasteiger partial charge in [0.2, 0.25) is 0 Å². The Morgan fingerprint density at radius 2 is 1.75 bits per heavy atom. The molecule has 0 spiro atoms. The number of carbonyl (C=O) groups is 2. The summed E-state index contributed by atoms with van der Waals surface area (Å²) >= 11 is 0.976. The number of hydrogen-bond acceptors (Lipinski definition) is 4. The van der Waals surface area contributed by atoms with Gasteiger partial charge >= 0.3 is 0 Å². The van der Waals surface area contributed by atoms with Crippen LogP contribution < -0.4 is 9.80 Å². The van der Waals surface area contributed by atoms with E-state index in [9.17, 15) is 9.59 Å². The van der Waals surface area contributed by atoms with Crippen molar-refractivity contribution in [3.05, 3.63) is 64.6 Å². The van der Waals surface area contributed by atoms with Crippen LogP contribution in [0.3, 0.4) is 0 Å². The molecular weight excluding hydrogens is 320 g/mol. The number of hydrogen-bond donors (Lipinski definition) is 0. The molecule has 1 fully saturated rings. The third kappa shape index (κ3) is 3.21. The second kappa shape index (κ2) is 6.53. The van der Waals surface area contributed by atoms with Crippen molar-refractivity contribution in [1.82, 2.24) is 0 Å². The zero-order chi connectivity index (χ0) is 17.3. The first-order valence-electron chi connectivity index (χ1n) is 7.58. The summed E-state index contributed by atoms with van der Waals surface area (Å²) < 4.78 is 0. The van der Waals surface area contributed by atoms with Gasteiger partial charge in [0.1, 0.15) is 0 Å². The molecule has 122 valence electrons. The van der Waals surface area contributed by atoms with Gasteiger partial charge in [0.25, 0.3) is 11.1 Å². The Bertz CT molecular complexity index is 826. The van der Waals surface area contributed by atoms with Crippen LogP contribution in [0.25, 0.3) is 6.08 Å². The molecule has 1 aliphatic rings. The number of imide groups is 1. The van der Waals surface area contributed by atoms with E-state index in [1.165, 1.54) is 4.90 Å². The average Bonchev–Trinajstić information content (AvgIpc) is 2.82. The molecule has 2 aromatic carbocycles. The van der Waals surface area contributed by atoms with Gasteiger partial charge in [-0.05, 0) is 60.2 Å². The van der Waals surface area contributed by atoms with Crippen molar-refractivity contribution in [3.8, 4) is 0 Å². The summed E-state index contributed by atoms with van der Waals surface area (Å²) in [5.74, 6) is -0.271. The van der Waals surface area contributed by atoms with Crippen molar-refractivity contribution in [2.24, 2.45) is 0 Å². The summed E-state index contributed by atoms with van der Waals surface area (Å²) in [4.78, 5) is 28.6. The number of rotatable bonds is 3. The smallest absolute Gasteiger partial charge is 0.298 e. The summed E-state index contributed by atoms with van der Waals surface area (Å²) in [6.45, 7) is 1.94. The van der Waals surface area contributed by atoms with E-state index in [0.717, 1.165) is 28.6 Å². The lowest BCUT2D eigenvalue weighted by Crippen LogP contribution is -2.27. The molecule has 0 bridgehead atoms. The fourth-order valence-electron chi connectivity index (χ4n) is 2.48. The largest absolute Gasteiger partial charge is 0.378 e. The first-order chi connectivity index (χ1) is 11.5. The monoisotopic (exact) mass is 338 g/mol. The highest BCUT2D eigenvalue weighted by atomic mass is 32.2. The molecule has 0 aliphatic carbocycles. The van der Waals surface area contributed by atoms with E-state index in [4.69, 9.17) is 0 Å². The molecule has 1 heterocycles. The summed E-state index contributed by atoms with van der Waals surface area (Å²) in [5.41, 5.74) is 3.61. The predicted molar refractivity (Wildman–Crippen MR) is 100 cm³/mol. The molecule has 2 aromatic rings. The molecule has 0 atom stereocenters. The van der Waals surface area contributed by atoms with Crippen molar-refractivity contribution < 1.29 is 9.59 Å². The van der Waals surface area contributed by atoms with Crippen LogP contribution in [0.2, 0.25) is 0 Å². The molecule has 1 saturated heterocycles. The van der Waals surface area contributed by atoms with Gasteiger partial charge in [-0.2, -0.15) is 0 Å². The maximum atomic E-state index is 12.6. The zero-order valence-corrected chi connectivity index (χ0v) is 14.6. The van der Waals surface area contributed by atoms with Gasteiger partial charge in [0, 0.05) is 19.8 Å². The Balaban J connectivity index is 1.88. The molecule has 2 amide bonds. The van der Waals surface area contributed by atoms with Crippen molar-refractivity contribution in [1.29, 1.82) is 0 Å². The molecule has 4 nitrogen and oxygen atoms in total. The Morgan fingerprint density at radius 1 is 1.04 bits per heavy atom. The summed E-state index contributed by atoms with van der Waals surface area (Å²) in [7, 11) is 3.95. The van der Waals surface area contributed by atoms with E-state index in [-0.39, 0.29) is 11.1 Å². The highest BCUT2D eigenvalue weighted by Gasteiger charge is 2.36. The van der Waals surface area contributed by atoms with Gasteiger partial charge in [-0.3, -0.25) is 9.59 Å². The second-order valence-corrected chi connectivity index (χ2v) is 6.84. The van der Waals surface area contributed by atoms with E-state index in [0.29, 0.717) is 10.6 Å². The second-order valence-electron chi connectivity index (χ2n) is 5.84. The highest BCUT2D eigenvalue weighted by molar-refractivity contribution is 8.19. The van der Waals surface area contributed by atoms with Crippen LogP contribution in [-0.2, 0) is 4.79 Å². The topological polar surface area (TPSA) is 40.6 Å². The zero-order valence-electron chi connectivity index (χ0n) is 13.8. The number of nitrogens with zero attached hydrogens (tertiary/aromatic N) is 2. The average molecular weight is 338 g/mol. The highest BCUT2D eigenvalue weighted by Crippen LogP contribution is 2.36. The van der Waals surface area contributed by atoms with Gasteiger partial charge < -0.3 is 4.90 Å². The molecule has 24 heavy (non-hydrogen) atoms. The molecule has 1 aliphatic heterocycles. The van der Waals surface area contributed by atoms with E-state index in [1.807, 2.05) is 68.4 Å². The molecular formula is C19H18N2O2S. The Kier molecular flexibility index (Phi) is 4.44. The fourth-order valence-corrected chi connectivity index (χ4v) is 3.32. The van der Waals surface area contributed by atoms with Crippen LogP contribution in [0.1, 0.15) is 11.1 Å². The van der Waals surface area contributed by atoms with Crippen molar-refractivity contribution >= 4 is 40.4 Å². The summed E-state index contributed by atoms with van der Waals surface area (Å²) in [5, 5.41) is -0.262. The Labute approximate surface area is 145 Å². The van der Waals surface area contributed by atoms with Crippen molar-refractivity contribution in [2.75, 3.05) is 23.9 Å². The van der Waals surface area contributed by atoms with E-state index in [1.54, 1.807) is 12.1 Å². The van der Waals surface area contributed by atoms with Crippen molar-refractivity contribution in [3.63, 3.8) is 0 Å². The summed E-state index contributed by atoms with van der Waals surface area (Å²) in [6, 6.07) is 15.2. The van der Waals surface area contributed by atoms with E-state index >= 15 is 0 Å². The molecule has 5 heteroatoms. The van der Waals surface area contributed by atoms with E-state index < -0.39 is 0 Å². The number of benzene rings is 2. The lowest BCUT2D eigenvalue weighted by atomic mass is 10.1. The molecule has 0 saturated carbocycles. The minimum Gasteiger partial charge on any atom is -0.378 e. The van der Waals surface area contributed by atoms with Gasteiger partial charge in [-0.25, -0.2) is 4.90 Å². The maximum Gasteiger partial charge on any atom is 0.298 e. The Hall–Kier alpha value is -2.53. The van der Waals surface area contributed by atoms with Crippen LogP contribution >= 0.6 is 11.8 Å². The maximum absolute atomic E-state index is 12.6. The molecule has 0 N–H and O–H groups in total. The first kappa shape index (κ1) is 16.3. The summed E-state index contributed by atoms with van der Waals surface area (Å²) in [6.07, 6.45) is 1.76. The van der Waals surface area contributed by atoms with Gasteiger partial charge in [-0.15, -0.1) is 0 Å².